The number of nitrogens with two attached hydrogens (primary N) is 1. The number of carbonyl (C=O) groups excluding carboxylic acids is 1. The second kappa shape index (κ2) is 4.66. The number of rotatable bonds is 2. The molecule has 0 fully saturated rings. The highest BCUT2D eigenvalue weighted by atomic mass is 16.2. The first-order chi connectivity index (χ1) is 10.3. The summed E-state index contributed by atoms with van der Waals surface area (Å²) < 4.78 is 2.55. The van der Waals surface area contributed by atoms with Gasteiger partial charge < -0.3 is 5.73 Å². The molecule has 0 bridgehead atoms. The van der Waals surface area contributed by atoms with Crippen molar-refractivity contribution in [1.82, 2.24) is 19.2 Å². The van der Waals surface area contributed by atoms with E-state index in [9.17, 15) is 9.59 Å². The van der Waals surface area contributed by atoms with Gasteiger partial charge in [-0.05, 0) is 12.1 Å². The second-order valence-corrected chi connectivity index (χ2v) is 6.27. The van der Waals surface area contributed by atoms with Crippen LogP contribution in [0.25, 0.3) is 16.6 Å². The van der Waals surface area contributed by atoms with Gasteiger partial charge in [0.25, 0.3) is 0 Å². The van der Waals surface area contributed by atoms with E-state index in [1.165, 1.54) is 4.40 Å². The van der Waals surface area contributed by atoms with Crippen LogP contribution in [0, 0.1) is 0 Å². The third-order valence-electron chi connectivity index (χ3n) is 3.40. The number of hydrogen-bond donors (Lipinski definition) is 1. The van der Waals surface area contributed by atoms with E-state index in [0.717, 1.165) is 15.6 Å². The minimum absolute atomic E-state index is 0.252. The molecule has 22 heavy (non-hydrogen) atoms. The fraction of sp³-hybridized carbons (Fsp3) is 0.333. The Morgan fingerprint density at radius 1 is 1.27 bits per heavy atom. The third kappa shape index (κ3) is 2.14. The second-order valence-electron chi connectivity index (χ2n) is 6.27. The molecular formula is C15H17N5O2. The van der Waals surface area contributed by atoms with Crippen molar-refractivity contribution in [1.29, 1.82) is 0 Å². The third-order valence-corrected chi connectivity index (χ3v) is 3.40. The number of nitrogens with zero attached hydrogens (tertiary/aromatic N) is 4. The molecule has 3 aromatic rings. The maximum absolute atomic E-state index is 12.6. The Hall–Kier alpha value is -2.70. The van der Waals surface area contributed by atoms with E-state index in [1.807, 2.05) is 45.0 Å². The van der Waals surface area contributed by atoms with E-state index in [0.29, 0.717) is 11.5 Å². The minimum atomic E-state index is -0.611. The molecule has 0 aliphatic rings. The monoisotopic (exact) mass is 299 g/mol. The van der Waals surface area contributed by atoms with E-state index < -0.39 is 11.6 Å². The minimum Gasteiger partial charge on any atom is -0.368 e. The molecule has 2 heterocycles. The number of aromatic nitrogens is 4. The summed E-state index contributed by atoms with van der Waals surface area (Å²) in [6, 6.07) is 7.47. The van der Waals surface area contributed by atoms with Gasteiger partial charge in [-0.3, -0.25) is 4.79 Å². The molecule has 1 aromatic carbocycles. The molecule has 2 N–H and O–H groups in total. The first-order valence-corrected chi connectivity index (χ1v) is 6.96. The maximum atomic E-state index is 12.6. The zero-order valence-corrected chi connectivity index (χ0v) is 12.7. The summed E-state index contributed by atoms with van der Waals surface area (Å²) in [5.41, 5.74) is 5.68. The van der Waals surface area contributed by atoms with Gasteiger partial charge in [0.2, 0.25) is 5.91 Å². The van der Waals surface area contributed by atoms with Crippen molar-refractivity contribution < 1.29 is 4.79 Å². The van der Waals surface area contributed by atoms with E-state index in [4.69, 9.17) is 5.73 Å². The average Bonchev–Trinajstić information content (AvgIpc) is 2.74. The van der Waals surface area contributed by atoms with Crippen molar-refractivity contribution in [2.24, 2.45) is 5.73 Å². The van der Waals surface area contributed by atoms with Gasteiger partial charge in [-0.1, -0.05) is 32.9 Å². The summed E-state index contributed by atoms with van der Waals surface area (Å²) >= 11 is 0. The standard InChI is InChI=1S/C15H17N5O2/c1-15(2,3)13-17-10-7-5-4-6-9(10)12-18-19(8-11(16)21)14(22)20(12)13/h4-7H,8H2,1-3H3,(H2,16,21). The van der Waals surface area contributed by atoms with Crippen molar-refractivity contribution in [3.8, 4) is 0 Å². The molecule has 1 amide bonds. The number of amides is 1. The van der Waals surface area contributed by atoms with Crippen LogP contribution in [0.3, 0.4) is 0 Å². The lowest BCUT2D eigenvalue weighted by Gasteiger charge is -2.19. The Bertz CT molecular complexity index is 946. The summed E-state index contributed by atoms with van der Waals surface area (Å²) in [6.45, 7) is 5.67. The lowest BCUT2D eigenvalue weighted by Crippen LogP contribution is -2.31. The highest BCUT2D eigenvalue weighted by molar-refractivity contribution is 5.91. The Morgan fingerprint density at radius 3 is 2.59 bits per heavy atom. The summed E-state index contributed by atoms with van der Waals surface area (Å²) in [7, 11) is 0. The van der Waals surface area contributed by atoms with Crippen LogP contribution < -0.4 is 11.4 Å². The zero-order chi connectivity index (χ0) is 16.1. The molecule has 0 unspecified atom stereocenters. The number of primary amides is 1. The van der Waals surface area contributed by atoms with E-state index in [2.05, 4.69) is 10.1 Å². The lowest BCUT2D eigenvalue weighted by molar-refractivity contribution is -0.118. The summed E-state index contributed by atoms with van der Waals surface area (Å²) in [6.07, 6.45) is 0. The number of hydrogen-bond acceptors (Lipinski definition) is 4. The normalized spacial score (nSPS) is 12.1. The van der Waals surface area contributed by atoms with Crippen molar-refractivity contribution in [2.45, 2.75) is 32.7 Å². The number of fused-ring (bicyclic) bond motifs is 3. The van der Waals surface area contributed by atoms with E-state index >= 15 is 0 Å². The molecule has 0 aliphatic heterocycles. The van der Waals surface area contributed by atoms with E-state index in [1.54, 1.807) is 0 Å². The summed E-state index contributed by atoms with van der Waals surface area (Å²) in [5.74, 6) is -0.0120. The largest absolute Gasteiger partial charge is 0.368 e. The first kappa shape index (κ1) is 14.2. The van der Waals surface area contributed by atoms with Crippen LogP contribution in [0.1, 0.15) is 26.6 Å². The van der Waals surface area contributed by atoms with Gasteiger partial charge in [-0.25, -0.2) is 18.9 Å². The van der Waals surface area contributed by atoms with Crippen LogP contribution in [0.2, 0.25) is 0 Å². The molecule has 0 atom stereocenters. The molecule has 3 rings (SSSR count). The predicted molar refractivity (Wildman–Crippen MR) is 82.6 cm³/mol. The molecule has 7 heteroatoms. The predicted octanol–water partition coefficient (Wildman–Crippen LogP) is 0.827. The fourth-order valence-electron chi connectivity index (χ4n) is 2.45. The molecule has 114 valence electrons. The van der Waals surface area contributed by atoms with Crippen molar-refractivity contribution in [3.63, 3.8) is 0 Å². The quantitative estimate of drug-likeness (QED) is 0.758. The SMILES string of the molecule is CC(C)(C)c1nc2ccccc2c2nn(CC(N)=O)c(=O)n12. The molecule has 7 nitrogen and oxygen atoms in total. The smallest absolute Gasteiger partial charge is 0.352 e. The van der Waals surface area contributed by atoms with Crippen molar-refractivity contribution in [3.05, 3.63) is 40.6 Å². The maximum Gasteiger partial charge on any atom is 0.352 e. The van der Waals surface area contributed by atoms with Crippen LogP contribution in [0.15, 0.2) is 29.1 Å². The van der Waals surface area contributed by atoms with Gasteiger partial charge in [-0.15, -0.1) is 5.10 Å². The highest BCUT2D eigenvalue weighted by Crippen LogP contribution is 2.24. The van der Waals surface area contributed by atoms with Gasteiger partial charge in [0.1, 0.15) is 12.4 Å². The molecule has 2 aromatic heterocycles. The fourth-order valence-corrected chi connectivity index (χ4v) is 2.45. The Morgan fingerprint density at radius 2 is 1.95 bits per heavy atom. The molecule has 0 spiro atoms. The van der Waals surface area contributed by atoms with Gasteiger partial charge in [0, 0.05) is 10.8 Å². The van der Waals surface area contributed by atoms with Gasteiger partial charge >= 0.3 is 5.69 Å². The van der Waals surface area contributed by atoms with Gasteiger partial charge in [-0.2, -0.15) is 0 Å². The molecule has 0 radical (unpaired) electrons. The topological polar surface area (TPSA) is 95.3 Å². The Labute approximate surface area is 126 Å². The van der Waals surface area contributed by atoms with Crippen molar-refractivity contribution >= 4 is 22.5 Å². The highest BCUT2D eigenvalue weighted by Gasteiger charge is 2.24. The number of para-hydroxylation sites is 1. The number of carbonyl (C=O) groups is 1. The van der Waals surface area contributed by atoms with E-state index in [-0.39, 0.29) is 12.0 Å². The van der Waals surface area contributed by atoms with Gasteiger partial charge in [0.15, 0.2) is 5.65 Å². The van der Waals surface area contributed by atoms with Crippen LogP contribution >= 0.6 is 0 Å². The average molecular weight is 299 g/mol. The first-order valence-electron chi connectivity index (χ1n) is 6.96. The molecular weight excluding hydrogens is 282 g/mol. The van der Waals surface area contributed by atoms with Crippen LogP contribution in [-0.4, -0.2) is 25.1 Å². The Balaban J connectivity index is 2.50. The number of benzene rings is 1. The lowest BCUT2D eigenvalue weighted by atomic mass is 9.95. The molecule has 0 aliphatic carbocycles. The molecule has 0 saturated heterocycles. The van der Waals surface area contributed by atoms with Crippen molar-refractivity contribution in [2.75, 3.05) is 0 Å². The Kier molecular flexibility index (Phi) is 3.01. The summed E-state index contributed by atoms with van der Waals surface area (Å²) in [5, 5.41) is 5.04. The zero-order valence-electron chi connectivity index (χ0n) is 12.7. The van der Waals surface area contributed by atoms with Crippen LogP contribution in [0.4, 0.5) is 0 Å². The van der Waals surface area contributed by atoms with Crippen LogP contribution in [-0.2, 0) is 16.8 Å². The molecule has 0 saturated carbocycles. The van der Waals surface area contributed by atoms with Gasteiger partial charge in [0.05, 0.1) is 5.52 Å². The van der Waals surface area contributed by atoms with Crippen LogP contribution in [0.5, 0.6) is 0 Å². The summed E-state index contributed by atoms with van der Waals surface area (Å²) in [4.78, 5) is 28.4.